The average molecular weight is 460 g/mol. The van der Waals surface area contributed by atoms with Gasteiger partial charge in [0.2, 0.25) is 5.91 Å². The van der Waals surface area contributed by atoms with Crippen LogP contribution in [0.4, 0.5) is 0 Å². The first kappa shape index (κ1) is 24.2. The molecular formula is C29H37N3O2. The molecule has 3 aromatic rings. The highest BCUT2D eigenvalue weighted by Crippen LogP contribution is 2.26. The van der Waals surface area contributed by atoms with Gasteiger partial charge < -0.3 is 15.4 Å². The van der Waals surface area contributed by atoms with Gasteiger partial charge in [-0.3, -0.25) is 9.69 Å². The van der Waals surface area contributed by atoms with Crippen LogP contribution in [0, 0.1) is 13.8 Å². The maximum Gasteiger partial charge on any atom is 0.237 e. The van der Waals surface area contributed by atoms with Gasteiger partial charge in [0.25, 0.3) is 0 Å². The van der Waals surface area contributed by atoms with Crippen molar-refractivity contribution in [2.75, 3.05) is 13.7 Å². The van der Waals surface area contributed by atoms with Gasteiger partial charge >= 0.3 is 0 Å². The number of carbonyl (C=O) groups is 1. The topological polar surface area (TPSA) is 53.6 Å². The minimum Gasteiger partial charge on any atom is -0.496 e. The number of nitrogens with zero attached hydrogens (tertiary/aromatic N) is 1. The van der Waals surface area contributed by atoms with Gasteiger partial charge in [-0.05, 0) is 79.3 Å². The van der Waals surface area contributed by atoms with Crippen LogP contribution >= 0.6 is 0 Å². The van der Waals surface area contributed by atoms with Gasteiger partial charge in [0.1, 0.15) is 5.75 Å². The Bertz CT molecular complexity index is 1160. The number of amides is 1. The van der Waals surface area contributed by atoms with E-state index in [1.54, 1.807) is 7.11 Å². The zero-order valence-electron chi connectivity index (χ0n) is 21.0. The smallest absolute Gasteiger partial charge is 0.237 e. The minimum atomic E-state index is -0.134. The molecule has 4 rings (SSSR count). The van der Waals surface area contributed by atoms with Crippen LogP contribution in [-0.2, 0) is 17.9 Å². The zero-order chi connectivity index (χ0) is 24.2. The number of nitrogens with one attached hydrogen (secondary N) is 2. The second-order valence-electron chi connectivity index (χ2n) is 9.78. The van der Waals surface area contributed by atoms with Crippen LogP contribution in [0.2, 0.25) is 0 Å². The Balaban J connectivity index is 1.48. The van der Waals surface area contributed by atoms with E-state index in [4.69, 9.17) is 4.74 Å². The highest BCUT2D eigenvalue weighted by Gasteiger charge is 2.36. The van der Waals surface area contributed by atoms with E-state index in [0.29, 0.717) is 0 Å². The molecule has 0 unspecified atom stereocenters. The molecule has 1 fully saturated rings. The lowest BCUT2D eigenvalue weighted by Gasteiger charge is -2.24. The Morgan fingerprint density at radius 2 is 1.82 bits per heavy atom. The molecule has 0 saturated carbocycles. The van der Waals surface area contributed by atoms with E-state index < -0.39 is 0 Å². The Kier molecular flexibility index (Phi) is 7.54. The molecular weight excluding hydrogens is 422 g/mol. The van der Waals surface area contributed by atoms with E-state index in [-0.39, 0.29) is 24.0 Å². The minimum absolute atomic E-state index is 0.122. The number of hydrogen-bond donors (Lipinski definition) is 2. The third-order valence-electron chi connectivity index (χ3n) is 6.99. The molecule has 1 saturated heterocycles. The molecule has 0 aromatic heterocycles. The van der Waals surface area contributed by atoms with Crippen molar-refractivity contribution >= 4 is 16.7 Å². The van der Waals surface area contributed by atoms with Gasteiger partial charge in [-0.1, -0.05) is 42.5 Å². The molecule has 180 valence electrons. The molecule has 1 heterocycles. The van der Waals surface area contributed by atoms with Crippen LogP contribution in [0.25, 0.3) is 10.8 Å². The summed E-state index contributed by atoms with van der Waals surface area (Å²) in [5.41, 5.74) is 4.95. The van der Waals surface area contributed by atoms with E-state index in [2.05, 4.69) is 77.9 Å². The summed E-state index contributed by atoms with van der Waals surface area (Å²) in [6, 6.07) is 19.5. The highest BCUT2D eigenvalue weighted by molar-refractivity contribution is 5.83. The van der Waals surface area contributed by atoms with Crippen molar-refractivity contribution in [3.63, 3.8) is 0 Å². The maximum absolute atomic E-state index is 13.1. The van der Waals surface area contributed by atoms with Gasteiger partial charge in [-0.2, -0.15) is 0 Å². The largest absolute Gasteiger partial charge is 0.496 e. The van der Waals surface area contributed by atoms with Gasteiger partial charge in [0, 0.05) is 31.7 Å². The predicted octanol–water partition coefficient (Wildman–Crippen LogP) is 4.72. The van der Waals surface area contributed by atoms with Crippen LogP contribution in [0.5, 0.6) is 5.75 Å². The Morgan fingerprint density at radius 3 is 2.56 bits per heavy atom. The zero-order valence-corrected chi connectivity index (χ0v) is 21.0. The molecule has 2 atom stereocenters. The number of carbonyl (C=O) groups excluding carboxylic acids is 1. The van der Waals surface area contributed by atoms with E-state index in [1.807, 2.05) is 19.9 Å². The standard InChI is InChI=1S/C29H37N3O2/c1-19(2)31-29(33)27-15-26(30-16-25-12-13-28(34-5)21(4)20(25)3)18-32(27)17-22-10-11-23-8-6-7-9-24(23)14-22/h6-14,19,26-27,30H,15-18H2,1-5H3,(H,31,33)/t26-,27-/m0/s1. The second kappa shape index (κ2) is 10.6. The molecule has 2 N–H and O–H groups in total. The molecule has 0 radical (unpaired) electrons. The van der Waals surface area contributed by atoms with Crippen molar-refractivity contribution in [1.82, 2.24) is 15.5 Å². The molecule has 0 spiro atoms. The SMILES string of the molecule is COc1ccc(CN[C@H]2C[C@@H](C(=O)NC(C)C)N(Cc3ccc4ccccc4c3)C2)c(C)c1C. The normalized spacial score (nSPS) is 18.5. The van der Waals surface area contributed by atoms with Crippen LogP contribution in [0.15, 0.2) is 54.6 Å². The molecule has 1 amide bonds. The first-order valence-electron chi connectivity index (χ1n) is 12.2. The summed E-state index contributed by atoms with van der Waals surface area (Å²) in [4.78, 5) is 15.4. The van der Waals surface area contributed by atoms with Crippen LogP contribution in [0.3, 0.4) is 0 Å². The van der Waals surface area contributed by atoms with Gasteiger partial charge in [-0.25, -0.2) is 0 Å². The first-order chi connectivity index (χ1) is 16.4. The third-order valence-corrected chi connectivity index (χ3v) is 6.99. The number of fused-ring (bicyclic) bond motifs is 1. The number of rotatable bonds is 8. The number of benzene rings is 3. The first-order valence-corrected chi connectivity index (χ1v) is 12.2. The van der Waals surface area contributed by atoms with Crippen molar-refractivity contribution in [2.45, 2.75) is 65.3 Å². The summed E-state index contributed by atoms with van der Waals surface area (Å²) < 4.78 is 5.46. The molecule has 3 aromatic carbocycles. The predicted molar refractivity (Wildman–Crippen MR) is 139 cm³/mol. The van der Waals surface area contributed by atoms with Crippen LogP contribution in [0.1, 0.15) is 42.5 Å². The van der Waals surface area contributed by atoms with E-state index >= 15 is 0 Å². The number of hydrogen-bond acceptors (Lipinski definition) is 4. The Labute approximate surface area is 203 Å². The molecule has 0 aliphatic carbocycles. The van der Waals surface area contributed by atoms with Crippen molar-refractivity contribution in [1.29, 1.82) is 0 Å². The van der Waals surface area contributed by atoms with Gasteiger partial charge in [0.15, 0.2) is 0 Å². The fourth-order valence-corrected chi connectivity index (χ4v) is 4.97. The Morgan fingerprint density at radius 1 is 1.06 bits per heavy atom. The van der Waals surface area contributed by atoms with Crippen molar-refractivity contribution < 1.29 is 9.53 Å². The summed E-state index contributed by atoms with van der Waals surface area (Å²) in [7, 11) is 1.71. The average Bonchev–Trinajstić information content (AvgIpc) is 3.22. The lowest BCUT2D eigenvalue weighted by atomic mass is 10.0. The summed E-state index contributed by atoms with van der Waals surface area (Å²) >= 11 is 0. The van der Waals surface area contributed by atoms with Gasteiger partial charge in [-0.15, -0.1) is 0 Å². The lowest BCUT2D eigenvalue weighted by molar-refractivity contribution is -0.126. The fourth-order valence-electron chi connectivity index (χ4n) is 4.97. The highest BCUT2D eigenvalue weighted by atomic mass is 16.5. The summed E-state index contributed by atoms with van der Waals surface area (Å²) in [6.07, 6.45) is 0.806. The quantitative estimate of drug-likeness (QED) is 0.512. The van der Waals surface area contributed by atoms with Crippen molar-refractivity contribution in [3.05, 3.63) is 76.9 Å². The molecule has 0 bridgehead atoms. The van der Waals surface area contributed by atoms with Crippen LogP contribution in [-0.4, -0.2) is 42.6 Å². The molecule has 34 heavy (non-hydrogen) atoms. The molecule has 5 heteroatoms. The van der Waals surface area contributed by atoms with Crippen LogP contribution < -0.4 is 15.4 Å². The molecule has 5 nitrogen and oxygen atoms in total. The molecule has 1 aliphatic rings. The Hall–Kier alpha value is -2.89. The fraction of sp³-hybridized carbons (Fsp3) is 0.414. The summed E-state index contributed by atoms with van der Waals surface area (Å²) in [6.45, 7) is 10.7. The second-order valence-corrected chi connectivity index (χ2v) is 9.78. The number of likely N-dealkylation sites (tertiary alicyclic amines) is 1. The summed E-state index contributed by atoms with van der Waals surface area (Å²) in [5, 5.41) is 9.34. The van der Waals surface area contributed by atoms with Gasteiger partial charge in [0.05, 0.1) is 13.2 Å². The van der Waals surface area contributed by atoms with Crippen molar-refractivity contribution in [3.8, 4) is 5.75 Å². The number of ether oxygens (including phenoxy) is 1. The monoisotopic (exact) mass is 459 g/mol. The van der Waals surface area contributed by atoms with E-state index in [9.17, 15) is 4.79 Å². The maximum atomic E-state index is 13.1. The van der Waals surface area contributed by atoms with E-state index in [1.165, 1.54) is 33.0 Å². The third kappa shape index (κ3) is 5.43. The molecule has 1 aliphatic heterocycles. The summed E-state index contributed by atoms with van der Waals surface area (Å²) in [5.74, 6) is 1.05. The lowest BCUT2D eigenvalue weighted by Crippen LogP contribution is -2.45. The number of methoxy groups -OCH3 is 1. The van der Waals surface area contributed by atoms with E-state index in [0.717, 1.165) is 31.8 Å². The van der Waals surface area contributed by atoms with Crippen molar-refractivity contribution in [2.24, 2.45) is 0 Å².